The van der Waals surface area contributed by atoms with E-state index in [0.717, 1.165) is 82.6 Å². The van der Waals surface area contributed by atoms with Gasteiger partial charge in [0, 0.05) is 24.3 Å². The number of carbonyl (C=O) groups excluding carboxylic acids is 4. The number of anilines is 2. The van der Waals surface area contributed by atoms with Crippen LogP contribution in [-0.4, -0.2) is 23.6 Å². The van der Waals surface area contributed by atoms with E-state index in [1.54, 1.807) is 0 Å². The van der Waals surface area contributed by atoms with E-state index in [4.69, 9.17) is 9.47 Å². The van der Waals surface area contributed by atoms with Crippen molar-refractivity contribution in [3.63, 3.8) is 0 Å². The normalized spacial score (nSPS) is 14.0. The monoisotopic (exact) mass is 688 g/mol. The largest absolute Gasteiger partial charge is 0.451 e. The molecule has 0 bridgehead atoms. The van der Waals surface area contributed by atoms with Gasteiger partial charge in [0.15, 0.2) is 0 Å². The Morgan fingerprint density at radius 2 is 0.571 bits per heavy atom. The Kier molecular flexibility index (Phi) is 8.11. The van der Waals surface area contributed by atoms with E-state index in [0.29, 0.717) is 0 Å². The highest BCUT2D eigenvalue weighted by Gasteiger charge is 2.34. The molecule has 4 aromatic rings. The Balaban J connectivity index is 1.25. The van der Waals surface area contributed by atoms with Crippen LogP contribution in [0.2, 0.25) is 0 Å². The molecule has 2 aliphatic heterocycles. The summed E-state index contributed by atoms with van der Waals surface area (Å²) < 4.78 is 133. The molecule has 0 aromatic heterocycles. The second kappa shape index (κ2) is 12.3. The zero-order valence-corrected chi connectivity index (χ0v) is 23.7. The maximum atomic E-state index is 14.9. The van der Waals surface area contributed by atoms with Crippen molar-refractivity contribution < 1.29 is 68.5 Å². The molecule has 0 fully saturated rings. The van der Waals surface area contributed by atoms with Crippen LogP contribution in [0.1, 0.15) is 0 Å². The van der Waals surface area contributed by atoms with E-state index in [1.807, 2.05) is 0 Å². The Morgan fingerprint density at radius 1 is 0.347 bits per heavy atom. The van der Waals surface area contributed by atoms with Crippen LogP contribution < -0.4 is 24.0 Å². The molecule has 17 heteroatoms. The highest BCUT2D eigenvalue weighted by Crippen LogP contribution is 2.43. The first-order chi connectivity index (χ1) is 23.3. The van der Waals surface area contributed by atoms with Gasteiger partial charge < -0.3 is 14.2 Å². The van der Waals surface area contributed by atoms with Gasteiger partial charge in [0.05, 0.1) is 11.4 Å². The summed E-state index contributed by atoms with van der Waals surface area (Å²) in [5, 5.41) is 0. The summed E-state index contributed by atoms with van der Waals surface area (Å²) in [6.07, 6.45) is 3.94. The topological polar surface area (TPSA) is 102 Å². The average Bonchev–Trinajstić information content (AvgIpc) is 3.61. The standard InChI is InChI=1S/C32H12F8N2O7/c33-21-25(37)31(26(38)22(34)29(21)47-15-5-1-13(2-6-15)41-17(43)9-10-18(41)44)49-32-27(39)23(35)30(24(36)28(32)40)48-16-7-3-14(4-8-16)42-19(45)11-12-20(42)46/h1-12H. The Morgan fingerprint density at radius 3 is 0.816 bits per heavy atom. The molecular formula is C32H12F8N2O7. The third kappa shape index (κ3) is 5.60. The van der Waals surface area contributed by atoms with Crippen LogP contribution in [0.3, 0.4) is 0 Å². The average molecular weight is 688 g/mol. The first-order valence-corrected chi connectivity index (χ1v) is 13.4. The van der Waals surface area contributed by atoms with Gasteiger partial charge in [0.2, 0.25) is 69.5 Å². The molecule has 0 aliphatic carbocycles. The number of amides is 4. The molecule has 0 unspecified atom stereocenters. The number of halogens is 8. The SMILES string of the molecule is O=C1C=CC(=O)N1c1ccc(Oc2c(F)c(F)c(Oc3c(F)c(F)c(Oc4ccc(N5C(=O)C=CC5=O)cc4)c(F)c3F)c(F)c2F)cc1. The molecule has 2 heterocycles. The van der Waals surface area contributed by atoms with Crippen LogP contribution in [0, 0.1) is 46.5 Å². The van der Waals surface area contributed by atoms with E-state index in [9.17, 15) is 54.3 Å². The van der Waals surface area contributed by atoms with Gasteiger partial charge in [-0.25, -0.2) is 9.80 Å². The Bertz CT molecular complexity index is 1920. The summed E-state index contributed by atoms with van der Waals surface area (Å²) in [7, 11) is 0. The predicted molar refractivity (Wildman–Crippen MR) is 149 cm³/mol. The van der Waals surface area contributed by atoms with Gasteiger partial charge in [-0.05, 0) is 48.5 Å². The molecule has 0 atom stereocenters. The van der Waals surface area contributed by atoms with Crippen molar-refractivity contribution in [1.29, 1.82) is 0 Å². The zero-order chi connectivity index (χ0) is 35.3. The molecule has 49 heavy (non-hydrogen) atoms. The molecule has 0 radical (unpaired) electrons. The maximum Gasteiger partial charge on any atom is 0.258 e. The van der Waals surface area contributed by atoms with Crippen molar-refractivity contribution in [1.82, 2.24) is 0 Å². The lowest BCUT2D eigenvalue weighted by Gasteiger charge is -2.17. The van der Waals surface area contributed by atoms with E-state index < -0.39 is 105 Å². The minimum Gasteiger partial charge on any atom is -0.451 e. The number of nitrogens with zero attached hydrogens (tertiary/aromatic N) is 2. The minimum absolute atomic E-state index is 0.0120. The highest BCUT2D eigenvalue weighted by atomic mass is 19.2. The molecule has 4 aromatic carbocycles. The van der Waals surface area contributed by atoms with Gasteiger partial charge in [-0.3, -0.25) is 19.2 Å². The Labute approximate surface area is 267 Å². The second-order valence-electron chi connectivity index (χ2n) is 9.81. The smallest absolute Gasteiger partial charge is 0.258 e. The van der Waals surface area contributed by atoms with Crippen molar-refractivity contribution in [3.05, 3.63) is 119 Å². The fourth-order valence-corrected chi connectivity index (χ4v) is 4.51. The van der Waals surface area contributed by atoms with Crippen LogP contribution in [0.15, 0.2) is 72.8 Å². The van der Waals surface area contributed by atoms with Gasteiger partial charge in [0.25, 0.3) is 23.6 Å². The van der Waals surface area contributed by atoms with Gasteiger partial charge in [-0.15, -0.1) is 0 Å². The zero-order valence-electron chi connectivity index (χ0n) is 23.7. The van der Waals surface area contributed by atoms with E-state index in [2.05, 4.69) is 4.74 Å². The van der Waals surface area contributed by atoms with E-state index >= 15 is 0 Å². The van der Waals surface area contributed by atoms with Crippen molar-refractivity contribution in [3.8, 4) is 34.5 Å². The van der Waals surface area contributed by atoms with Crippen LogP contribution in [-0.2, 0) is 19.2 Å². The molecule has 0 N–H and O–H groups in total. The van der Waals surface area contributed by atoms with Gasteiger partial charge in [-0.1, -0.05) is 0 Å². The van der Waals surface area contributed by atoms with Crippen LogP contribution >= 0.6 is 0 Å². The molecule has 4 amide bonds. The molecule has 248 valence electrons. The van der Waals surface area contributed by atoms with Gasteiger partial charge in [0.1, 0.15) is 11.5 Å². The first-order valence-electron chi connectivity index (χ1n) is 13.4. The fraction of sp³-hybridized carbons (Fsp3) is 0. The summed E-state index contributed by atoms with van der Waals surface area (Å²) in [6.45, 7) is 0. The maximum absolute atomic E-state index is 14.9. The third-order valence-corrected chi connectivity index (χ3v) is 6.82. The van der Waals surface area contributed by atoms with E-state index in [1.165, 1.54) is 0 Å². The summed E-state index contributed by atoms with van der Waals surface area (Å²) in [5.41, 5.74) is 0.0239. The highest BCUT2D eigenvalue weighted by molar-refractivity contribution is 6.28. The molecule has 2 aliphatic rings. The quantitative estimate of drug-likeness (QED) is 0.111. The summed E-state index contributed by atoms with van der Waals surface area (Å²) in [4.78, 5) is 48.7. The number of hydrogen-bond acceptors (Lipinski definition) is 7. The minimum atomic E-state index is -2.42. The number of rotatable bonds is 8. The summed E-state index contributed by atoms with van der Waals surface area (Å²) >= 11 is 0. The number of ether oxygens (including phenoxy) is 3. The first kappa shape index (κ1) is 32.4. The number of benzene rings is 4. The van der Waals surface area contributed by atoms with Crippen molar-refractivity contribution in [2.24, 2.45) is 0 Å². The molecule has 6 rings (SSSR count). The molecule has 0 spiro atoms. The summed E-state index contributed by atoms with van der Waals surface area (Å²) in [5.74, 6) is -30.2. The molecular weight excluding hydrogens is 676 g/mol. The van der Waals surface area contributed by atoms with Crippen LogP contribution in [0.25, 0.3) is 0 Å². The van der Waals surface area contributed by atoms with Crippen LogP contribution in [0.5, 0.6) is 34.5 Å². The molecule has 9 nitrogen and oxygen atoms in total. The number of imide groups is 2. The second-order valence-corrected chi connectivity index (χ2v) is 9.81. The Hall–Kier alpha value is -6.52. The predicted octanol–water partition coefficient (Wildman–Crippen LogP) is 7.04. The van der Waals surface area contributed by atoms with Crippen molar-refractivity contribution in [2.45, 2.75) is 0 Å². The number of hydrogen-bond donors (Lipinski definition) is 0. The molecule has 0 saturated heterocycles. The van der Waals surface area contributed by atoms with E-state index in [-0.39, 0.29) is 11.4 Å². The van der Waals surface area contributed by atoms with Gasteiger partial charge >= 0.3 is 0 Å². The lowest BCUT2D eigenvalue weighted by molar-refractivity contribution is -0.121. The van der Waals surface area contributed by atoms with Crippen LogP contribution in [0.4, 0.5) is 46.5 Å². The number of carbonyl (C=O) groups is 4. The lowest BCUT2D eigenvalue weighted by atomic mass is 10.2. The lowest BCUT2D eigenvalue weighted by Crippen LogP contribution is -2.29. The molecule has 0 saturated carbocycles. The third-order valence-electron chi connectivity index (χ3n) is 6.82. The van der Waals surface area contributed by atoms with Gasteiger partial charge in [-0.2, -0.15) is 35.1 Å². The summed E-state index contributed by atoms with van der Waals surface area (Å²) in [6, 6.07) is 8.33. The van der Waals surface area contributed by atoms with Crippen molar-refractivity contribution >= 4 is 35.0 Å². The van der Waals surface area contributed by atoms with Crippen molar-refractivity contribution in [2.75, 3.05) is 9.80 Å². The fourth-order valence-electron chi connectivity index (χ4n) is 4.51.